The monoisotopic (exact) mass is 286 g/mol. The molecule has 106 valence electrons. The van der Waals surface area contributed by atoms with Gasteiger partial charge in [0.1, 0.15) is 5.82 Å². The number of hydrogen-bond acceptors (Lipinski definition) is 3. The largest absolute Gasteiger partial charge is 0.329 e. The summed E-state index contributed by atoms with van der Waals surface area (Å²) in [6.07, 6.45) is 2.04. The molecule has 0 spiro atoms. The molecule has 0 bridgehead atoms. The second-order valence-electron chi connectivity index (χ2n) is 5.07. The molecule has 0 radical (unpaired) electrons. The van der Waals surface area contributed by atoms with Crippen LogP contribution in [-0.4, -0.2) is 32.4 Å². The topological polar surface area (TPSA) is 63.4 Å². The summed E-state index contributed by atoms with van der Waals surface area (Å²) in [4.78, 5) is 0.149. The molecule has 0 saturated heterocycles. The third-order valence-corrected chi connectivity index (χ3v) is 5.71. The van der Waals surface area contributed by atoms with E-state index in [0.717, 1.165) is 12.8 Å². The maximum atomic E-state index is 13.1. The van der Waals surface area contributed by atoms with E-state index < -0.39 is 15.8 Å². The SMILES string of the molecule is Cc1cc(F)ccc1S(=O)(=O)N(C)C(CN)C1CC1. The van der Waals surface area contributed by atoms with Gasteiger partial charge in [-0.2, -0.15) is 4.31 Å². The molecule has 2 N–H and O–H groups in total. The van der Waals surface area contributed by atoms with E-state index in [2.05, 4.69) is 0 Å². The summed E-state index contributed by atoms with van der Waals surface area (Å²) in [5.74, 6) is -0.0813. The predicted molar refractivity (Wildman–Crippen MR) is 71.7 cm³/mol. The number of hydrogen-bond donors (Lipinski definition) is 1. The van der Waals surface area contributed by atoms with Gasteiger partial charge in [0.15, 0.2) is 0 Å². The van der Waals surface area contributed by atoms with Gasteiger partial charge in [-0.3, -0.25) is 0 Å². The van der Waals surface area contributed by atoms with Crippen LogP contribution in [0.3, 0.4) is 0 Å². The number of nitrogens with zero attached hydrogens (tertiary/aromatic N) is 1. The summed E-state index contributed by atoms with van der Waals surface area (Å²) < 4.78 is 39.5. The first-order chi connectivity index (χ1) is 8.87. The maximum Gasteiger partial charge on any atom is 0.243 e. The van der Waals surface area contributed by atoms with Gasteiger partial charge in [-0.25, -0.2) is 12.8 Å². The Morgan fingerprint density at radius 2 is 2.11 bits per heavy atom. The van der Waals surface area contributed by atoms with Crippen LogP contribution in [0, 0.1) is 18.7 Å². The molecule has 4 nitrogen and oxygen atoms in total. The zero-order valence-corrected chi connectivity index (χ0v) is 12.0. The van der Waals surface area contributed by atoms with Crippen molar-refractivity contribution >= 4 is 10.0 Å². The highest BCUT2D eigenvalue weighted by Gasteiger charge is 2.38. The van der Waals surface area contributed by atoms with Crippen LogP contribution in [0.2, 0.25) is 0 Å². The Morgan fingerprint density at radius 3 is 2.58 bits per heavy atom. The smallest absolute Gasteiger partial charge is 0.243 e. The van der Waals surface area contributed by atoms with Gasteiger partial charge in [0.25, 0.3) is 0 Å². The summed E-state index contributed by atoms with van der Waals surface area (Å²) in [6.45, 7) is 1.90. The minimum Gasteiger partial charge on any atom is -0.329 e. The van der Waals surface area contributed by atoms with Gasteiger partial charge in [-0.15, -0.1) is 0 Å². The molecule has 0 aromatic heterocycles. The van der Waals surface area contributed by atoms with Gasteiger partial charge in [-0.1, -0.05) is 0 Å². The highest BCUT2D eigenvalue weighted by atomic mass is 32.2. The van der Waals surface area contributed by atoms with Gasteiger partial charge in [0, 0.05) is 19.6 Å². The van der Waals surface area contributed by atoms with Gasteiger partial charge in [0.2, 0.25) is 10.0 Å². The normalized spacial score (nSPS) is 17.7. The average molecular weight is 286 g/mol. The highest BCUT2D eigenvalue weighted by Crippen LogP contribution is 2.36. The first kappa shape index (κ1) is 14.4. The van der Waals surface area contributed by atoms with Crippen molar-refractivity contribution in [2.45, 2.75) is 30.7 Å². The van der Waals surface area contributed by atoms with Crippen LogP contribution < -0.4 is 5.73 Å². The van der Waals surface area contributed by atoms with Crippen LogP contribution in [0.1, 0.15) is 18.4 Å². The van der Waals surface area contributed by atoms with E-state index in [-0.39, 0.29) is 10.9 Å². The van der Waals surface area contributed by atoms with Crippen LogP contribution in [0.5, 0.6) is 0 Å². The first-order valence-corrected chi connectivity index (χ1v) is 7.76. The fourth-order valence-electron chi connectivity index (χ4n) is 2.35. The van der Waals surface area contributed by atoms with Crippen LogP contribution in [0.4, 0.5) is 4.39 Å². The summed E-state index contributed by atoms with van der Waals surface area (Å²) in [5, 5.41) is 0. The van der Waals surface area contributed by atoms with Crippen molar-refractivity contribution in [3.8, 4) is 0 Å². The molecular formula is C13H19FN2O2S. The Morgan fingerprint density at radius 1 is 1.47 bits per heavy atom. The molecule has 1 unspecified atom stereocenters. The summed E-state index contributed by atoms with van der Waals surface area (Å²) >= 11 is 0. The van der Waals surface area contributed by atoms with Gasteiger partial charge in [-0.05, 0) is 49.4 Å². The predicted octanol–water partition coefficient (Wildman–Crippen LogP) is 1.49. The molecule has 1 aliphatic carbocycles. The standard InChI is InChI=1S/C13H19FN2O2S/c1-9-7-11(14)5-6-13(9)19(17,18)16(2)12(8-15)10-3-4-10/h5-7,10,12H,3-4,8,15H2,1-2H3. The van der Waals surface area contributed by atoms with Crippen molar-refractivity contribution in [1.82, 2.24) is 4.31 Å². The van der Waals surface area contributed by atoms with E-state index in [1.807, 2.05) is 0 Å². The van der Waals surface area contributed by atoms with E-state index in [1.165, 1.54) is 22.5 Å². The second kappa shape index (κ2) is 5.19. The number of benzene rings is 1. The molecule has 19 heavy (non-hydrogen) atoms. The Balaban J connectivity index is 2.35. The molecule has 1 aromatic rings. The lowest BCUT2D eigenvalue weighted by atomic mass is 10.2. The molecule has 1 aliphatic rings. The first-order valence-electron chi connectivity index (χ1n) is 6.32. The van der Waals surface area contributed by atoms with E-state index in [9.17, 15) is 12.8 Å². The Kier molecular flexibility index (Phi) is 3.94. The van der Waals surface area contributed by atoms with Crippen molar-refractivity contribution in [3.63, 3.8) is 0 Å². The number of aryl methyl sites for hydroxylation is 1. The number of likely N-dealkylation sites (N-methyl/N-ethyl adjacent to an activating group) is 1. The molecule has 1 atom stereocenters. The quantitative estimate of drug-likeness (QED) is 0.892. The third kappa shape index (κ3) is 2.80. The van der Waals surface area contributed by atoms with Crippen molar-refractivity contribution in [2.24, 2.45) is 11.7 Å². The molecular weight excluding hydrogens is 267 g/mol. The van der Waals surface area contributed by atoms with Crippen LogP contribution in [0.25, 0.3) is 0 Å². The number of halogens is 1. The molecule has 0 amide bonds. The number of rotatable bonds is 5. The van der Waals surface area contributed by atoms with Crippen LogP contribution >= 0.6 is 0 Å². The lowest BCUT2D eigenvalue weighted by Gasteiger charge is -2.27. The highest BCUT2D eigenvalue weighted by molar-refractivity contribution is 7.89. The van der Waals surface area contributed by atoms with E-state index >= 15 is 0 Å². The molecule has 0 heterocycles. The van der Waals surface area contributed by atoms with E-state index in [4.69, 9.17) is 5.73 Å². The van der Waals surface area contributed by atoms with Gasteiger partial charge >= 0.3 is 0 Å². The average Bonchev–Trinajstić information content (AvgIpc) is 3.13. The Bertz CT molecular complexity index is 570. The Hall–Kier alpha value is -0.980. The summed E-state index contributed by atoms with van der Waals surface area (Å²) in [6, 6.07) is 3.55. The molecule has 1 aromatic carbocycles. The third-order valence-electron chi connectivity index (χ3n) is 3.67. The maximum absolute atomic E-state index is 13.1. The van der Waals surface area contributed by atoms with Crippen molar-refractivity contribution < 1.29 is 12.8 Å². The molecule has 1 fully saturated rings. The van der Waals surface area contributed by atoms with Gasteiger partial charge < -0.3 is 5.73 Å². The Labute approximate surface area is 113 Å². The zero-order chi connectivity index (χ0) is 14.2. The fraction of sp³-hybridized carbons (Fsp3) is 0.538. The zero-order valence-electron chi connectivity index (χ0n) is 11.1. The van der Waals surface area contributed by atoms with Gasteiger partial charge in [0.05, 0.1) is 4.90 Å². The van der Waals surface area contributed by atoms with Crippen LogP contribution in [-0.2, 0) is 10.0 Å². The summed E-state index contributed by atoms with van der Waals surface area (Å²) in [7, 11) is -2.07. The second-order valence-corrected chi connectivity index (χ2v) is 7.04. The van der Waals surface area contributed by atoms with E-state index in [0.29, 0.717) is 18.0 Å². The number of sulfonamides is 1. The summed E-state index contributed by atoms with van der Waals surface area (Å²) in [5.41, 5.74) is 6.10. The van der Waals surface area contributed by atoms with E-state index in [1.54, 1.807) is 14.0 Å². The minimum atomic E-state index is -3.62. The molecule has 6 heteroatoms. The van der Waals surface area contributed by atoms with Crippen molar-refractivity contribution in [3.05, 3.63) is 29.6 Å². The number of nitrogens with two attached hydrogens (primary N) is 1. The van der Waals surface area contributed by atoms with Crippen molar-refractivity contribution in [2.75, 3.05) is 13.6 Å². The molecule has 1 saturated carbocycles. The lowest BCUT2D eigenvalue weighted by molar-refractivity contribution is 0.340. The molecule has 0 aliphatic heterocycles. The lowest BCUT2D eigenvalue weighted by Crippen LogP contribution is -2.43. The van der Waals surface area contributed by atoms with Crippen molar-refractivity contribution in [1.29, 1.82) is 0 Å². The fourth-order valence-corrected chi connectivity index (χ4v) is 3.99. The van der Waals surface area contributed by atoms with Crippen LogP contribution in [0.15, 0.2) is 23.1 Å². The molecule has 2 rings (SSSR count). The minimum absolute atomic E-state index is 0.149.